The first-order valence-electron chi connectivity index (χ1n) is 14.9. The predicted molar refractivity (Wildman–Crippen MR) is 166 cm³/mol. The number of carbonyl (C=O) groups is 8. The first-order chi connectivity index (χ1) is 22.0. The van der Waals surface area contributed by atoms with Gasteiger partial charge in [0.25, 0.3) is 5.91 Å². The molecule has 0 heterocycles. The summed E-state index contributed by atoms with van der Waals surface area (Å²) >= 11 is 0. The van der Waals surface area contributed by atoms with E-state index in [2.05, 4.69) is 16.0 Å². The van der Waals surface area contributed by atoms with Gasteiger partial charge in [0, 0.05) is 13.3 Å². The summed E-state index contributed by atoms with van der Waals surface area (Å²) in [5.74, 6) is -7.30. The minimum Gasteiger partial charge on any atom is -0.394 e. The number of nitrogens with zero attached hydrogens (tertiary/aromatic N) is 1. The van der Waals surface area contributed by atoms with E-state index < -0.39 is 110 Å². The molecule has 0 aliphatic heterocycles. The molecule has 0 spiro atoms. The molecule has 1 aromatic rings. The van der Waals surface area contributed by atoms with Gasteiger partial charge in [-0.25, -0.2) is 0 Å². The third-order valence-corrected chi connectivity index (χ3v) is 7.09. The molecular formula is C30H45N7O10. The summed E-state index contributed by atoms with van der Waals surface area (Å²) in [6.45, 7) is 3.52. The van der Waals surface area contributed by atoms with Crippen molar-refractivity contribution in [2.24, 2.45) is 23.1 Å². The molecule has 11 N–H and O–H groups in total. The molecule has 0 saturated heterocycles. The Balaban J connectivity index is 3.48. The van der Waals surface area contributed by atoms with Gasteiger partial charge in [0.1, 0.15) is 24.4 Å². The summed E-state index contributed by atoms with van der Waals surface area (Å²) in [7, 11) is 0. The van der Waals surface area contributed by atoms with Crippen molar-refractivity contribution < 1.29 is 48.6 Å². The summed E-state index contributed by atoms with van der Waals surface area (Å²) in [6, 6.07) is 1.39. The average molecular weight is 664 g/mol. The SMILES string of the molecule is CC(=O)N(C(=O)[C@H](CCC(N)=O)NC(=O)[C@@H](N)CO)[C@@H](CC(N)=O)C(=O)NC(Cc1ccccc1)C(O)CC(=O)N[C@H](C=O)C(C)C. The Labute approximate surface area is 271 Å². The van der Waals surface area contributed by atoms with Crippen LogP contribution in [0.4, 0.5) is 0 Å². The van der Waals surface area contributed by atoms with Crippen molar-refractivity contribution >= 4 is 47.6 Å². The molecule has 0 radical (unpaired) electrons. The van der Waals surface area contributed by atoms with Crippen LogP contribution in [-0.2, 0) is 44.8 Å². The van der Waals surface area contributed by atoms with Gasteiger partial charge < -0.3 is 48.2 Å². The second-order valence-electron chi connectivity index (χ2n) is 11.3. The largest absolute Gasteiger partial charge is 0.394 e. The number of primary amides is 2. The Kier molecular flexibility index (Phi) is 16.9. The number of imide groups is 1. The molecule has 0 aliphatic rings. The summed E-state index contributed by atoms with van der Waals surface area (Å²) in [5.41, 5.74) is 16.7. The maximum Gasteiger partial charge on any atom is 0.252 e. The summed E-state index contributed by atoms with van der Waals surface area (Å²) in [6.07, 6.45) is -3.37. The molecule has 0 saturated carbocycles. The molecule has 0 aromatic heterocycles. The molecule has 0 bridgehead atoms. The summed E-state index contributed by atoms with van der Waals surface area (Å²) in [5, 5.41) is 27.5. The number of hydrogen-bond acceptors (Lipinski definition) is 11. The molecule has 0 fully saturated rings. The predicted octanol–water partition coefficient (Wildman–Crippen LogP) is -3.51. The van der Waals surface area contributed by atoms with Gasteiger partial charge in [-0.05, 0) is 24.3 Å². The second-order valence-corrected chi connectivity index (χ2v) is 11.3. The number of aliphatic hydroxyl groups is 2. The number of nitrogens with one attached hydrogen (secondary N) is 3. The van der Waals surface area contributed by atoms with Crippen molar-refractivity contribution in [3.8, 4) is 0 Å². The second kappa shape index (κ2) is 19.7. The van der Waals surface area contributed by atoms with Crippen molar-refractivity contribution in [1.82, 2.24) is 20.9 Å². The Morgan fingerprint density at radius 1 is 0.915 bits per heavy atom. The number of rotatable bonds is 20. The van der Waals surface area contributed by atoms with Crippen LogP contribution in [0.25, 0.3) is 0 Å². The molecule has 2 unspecified atom stereocenters. The molecular weight excluding hydrogens is 618 g/mol. The standard InChI is InChI=1S/C30H45N7O10/c1-16(2)22(15-39)34-27(44)13-24(41)21(11-18-7-5-4-6-8-18)36-29(46)23(12-26(33)43)37(17(3)40)30(47)20(9-10-25(32)42)35-28(45)19(31)14-38/h4-8,15-16,19-24,38,41H,9-14,31H2,1-3H3,(H2,32,42)(H2,33,43)(H,34,44)(H,35,45)(H,36,46)/t19-,20-,21?,22+,23-,24?/m0/s1. The zero-order valence-corrected chi connectivity index (χ0v) is 26.6. The molecule has 0 aliphatic carbocycles. The molecule has 47 heavy (non-hydrogen) atoms. The molecule has 17 nitrogen and oxygen atoms in total. The lowest BCUT2D eigenvalue weighted by atomic mass is 9.97. The topological polar surface area (TPSA) is 294 Å². The minimum absolute atomic E-state index is 0.0457. The molecule has 1 aromatic carbocycles. The van der Waals surface area contributed by atoms with E-state index in [-0.39, 0.29) is 12.3 Å². The van der Waals surface area contributed by atoms with E-state index in [0.717, 1.165) is 6.92 Å². The van der Waals surface area contributed by atoms with Crippen LogP contribution in [0.3, 0.4) is 0 Å². The number of carbonyl (C=O) groups excluding carboxylic acids is 8. The smallest absolute Gasteiger partial charge is 0.252 e. The van der Waals surface area contributed by atoms with E-state index in [9.17, 15) is 48.6 Å². The maximum atomic E-state index is 13.8. The molecule has 17 heteroatoms. The fourth-order valence-electron chi connectivity index (χ4n) is 4.46. The monoisotopic (exact) mass is 663 g/mol. The zero-order valence-electron chi connectivity index (χ0n) is 26.6. The number of benzene rings is 1. The van der Waals surface area contributed by atoms with E-state index in [4.69, 9.17) is 17.2 Å². The Bertz CT molecular complexity index is 1280. The summed E-state index contributed by atoms with van der Waals surface area (Å²) < 4.78 is 0. The fourth-order valence-corrected chi connectivity index (χ4v) is 4.46. The van der Waals surface area contributed by atoms with E-state index in [1.807, 2.05) is 0 Å². The lowest BCUT2D eigenvalue weighted by Gasteiger charge is -2.33. The van der Waals surface area contributed by atoms with Crippen molar-refractivity contribution in [3.63, 3.8) is 0 Å². The van der Waals surface area contributed by atoms with Gasteiger partial charge in [-0.3, -0.25) is 38.5 Å². The Morgan fingerprint density at radius 3 is 2.02 bits per heavy atom. The Morgan fingerprint density at radius 2 is 1.53 bits per heavy atom. The van der Waals surface area contributed by atoms with Gasteiger partial charge in [-0.15, -0.1) is 0 Å². The number of nitrogens with two attached hydrogens (primary N) is 3. The van der Waals surface area contributed by atoms with Crippen LogP contribution in [0.5, 0.6) is 0 Å². The zero-order chi connectivity index (χ0) is 35.8. The van der Waals surface area contributed by atoms with Crippen LogP contribution in [0.15, 0.2) is 30.3 Å². The molecule has 6 atom stereocenters. The molecule has 7 amide bonds. The van der Waals surface area contributed by atoms with Crippen LogP contribution in [0.1, 0.15) is 52.0 Å². The van der Waals surface area contributed by atoms with Gasteiger partial charge >= 0.3 is 0 Å². The van der Waals surface area contributed by atoms with Crippen LogP contribution < -0.4 is 33.2 Å². The highest BCUT2D eigenvalue weighted by Crippen LogP contribution is 2.15. The van der Waals surface area contributed by atoms with Gasteiger partial charge in [-0.1, -0.05) is 44.2 Å². The first kappa shape index (κ1) is 40.3. The van der Waals surface area contributed by atoms with Crippen molar-refractivity contribution in [1.29, 1.82) is 0 Å². The fraction of sp³-hybridized carbons (Fsp3) is 0.533. The summed E-state index contributed by atoms with van der Waals surface area (Å²) in [4.78, 5) is 101. The van der Waals surface area contributed by atoms with Gasteiger partial charge in [0.15, 0.2) is 0 Å². The maximum absolute atomic E-state index is 13.8. The van der Waals surface area contributed by atoms with E-state index >= 15 is 0 Å². The van der Waals surface area contributed by atoms with Gasteiger partial charge in [0.05, 0.1) is 37.6 Å². The quantitative estimate of drug-likeness (QED) is 0.0633. The van der Waals surface area contributed by atoms with E-state index in [1.165, 1.54) is 0 Å². The van der Waals surface area contributed by atoms with Crippen molar-refractivity contribution in [2.75, 3.05) is 6.61 Å². The highest BCUT2D eigenvalue weighted by atomic mass is 16.3. The highest BCUT2D eigenvalue weighted by molar-refractivity contribution is 6.04. The normalized spacial score (nSPS) is 14.8. The van der Waals surface area contributed by atoms with Crippen LogP contribution in [-0.4, -0.2) is 106 Å². The third-order valence-electron chi connectivity index (χ3n) is 7.09. The van der Waals surface area contributed by atoms with Crippen LogP contribution >= 0.6 is 0 Å². The number of aldehydes is 1. The van der Waals surface area contributed by atoms with Gasteiger partial charge in [0.2, 0.25) is 35.4 Å². The average Bonchev–Trinajstić information content (AvgIpc) is 3.00. The van der Waals surface area contributed by atoms with Gasteiger partial charge in [-0.2, -0.15) is 0 Å². The molecule has 260 valence electrons. The third kappa shape index (κ3) is 13.6. The van der Waals surface area contributed by atoms with Crippen molar-refractivity contribution in [3.05, 3.63) is 35.9 Å². The lowest BCUT2D eigenvalue weighted by molar-refractivity contribution is -0.154. The highest BCUT2D eigenvalue weighted by Gasteiger charge is 2.40. The number of aliphatic hydroxyl groups excluding tert-OH is 2. The minimum atomic E-state index is -1.91. The van der Waals surface area contributed by atoms with E-state index in [1.54, 1.807) is 44.2 Å². The first-order valence-corrected chi connectivity index (χ1v) is 14.9. The Hall–Kier alpha value is -4.74. The lowest BCUT2D eigenvalue weighted by Crippen LogP contribution is -2.61. The van der Waals surface area contributed by atoms with Crippen LogP contribution in [0.2, 0.25) is 0 Å². The van der Waals surface area contributed by atoms with E-state index in [0.29, 0.717) is 16.7 Å². The molecule has 1 rings (SSSR count). The van der Waals surface area contributed by atoms with Crippen molar-refractivity contribution in [2.45, 2.75) is 89.2 Å². The number of amides is 7. The van der Waals surface area contributed by atoms with Crippen LogP contribution in [0, 0.1) is 5.92 Å². The number of hydrogen-bond donors (Lipinski definition) is 8.